The Kier molecular flexibility index (Phi) is 5.04. The van der Waals surface area contributed by atoms with Crippen molar-refractivity contribution in [2.75, 3.05) is 13.2 Å². The molecule has 4 nitrogen and oxygen atoms in total. The fourth-order valence-electron chi connectivity index (χ4n) is 2.53. The Morgan fingerprint density at radius 1 is 1.45 bits per heavy atom. The van der Waals surface area contributed by atoms with Crippen LogP contribution in [0.5, 0.6) is 0 Å². The summed E-state index contributed by atoms with van der Waals surface area (Å²) in [6.45, 7) is 1.36. The van der Waals surface area contributed by atoms with E-state index in [9.17, 15) is 13.2 Å². The van der Waals surface area contributed by atoms with Gasteiger partial charge in [0.2, 0.25) is 0 Å². The van der Waals surface area contributed by atoms with Gasteiger partial charge in [-0.05, 0) is 26.2 Å². The summed E-state index contributed by atoms with van der Waals surface area (Å²) >= 11 is 0. The average molecular weight is 291 g/mol. The van der Waals surface area contributed by atoms with E-state index in [1.165, 1.54) is 0 Å². The average Bonchev–Trinajstić information content (AvgIpc) is 2.82. The highest BCUT2D eigenvalue weighted by molar-refractivity contribution is 5.07. The van der Waals surface area contributed by atoms with E-state index in [1.807, 2.05) is 4.57 Å². The lowest BCUT2D eigenvalue weighted by Gasteiger charge is -2.29. The molecule has 1 aliphatic rings. The van der Waals surface area contributed by atoms with Crippen molar-refractivity contribution in [2.45, 2.75) is 51.0 Å². The molecule has 1 aromatic rings. The Hall–Kier alpha value is -1.08. The van der Waals surface area contributed by atoms with Crippen molar-refractivity contribution in [1.82, 2.24) is 14.9 Å². The molecule has 2 atom stereocenters. The second kappa shape index (κ2) is 6.58. The summed E-state index contributed by atoms with van der Waals surface area (Å²) in [5.41, 5.74) is 1.02. The molecule has 0 saturated carbocycles. The summed E-state index contributed by atoms with van der Waals surface area (Å²) in [6.07, 6.45) is 2.48. The van der Waals surface area contributed by atoms with E-state index in [-0.39, 0.29) is 12.6 Å². The van der Waals surface area contributed by atoms with Crippen LogP contribution in [0.3, 0.4) is 0 Å². The van der Waals surface area contributed by atoms with E-state index in [1.54, 1.807) is 12.5 Å². The van der Waals surface area contributed by atoms with Crippen molar-refractivity contribution < 1.29 is 17.9 Å². The third-order valence-electron chi connectivity index (χ3n) is 3.46. The molecule has 2 unspecified atom stereocenters. The molecule has 0 amide bonds. The molecule has 0 bridgehead atoms. The van der Waals surface area contributed by atoms with Crippen molar-refractivity contribution in [3.8, 4) is 0 Å². The first-order valence-electron chi connectivity index (χ1n) is 6.86. The van der Waals surface area contributed by atoms with Crippen molar-refractivity contribution in [1.29, 1.82) is 0 Å². The molecule has 0 aliphatic carbocycles. The minimum atomic E-state index is -4.27. The molecule has 0 aromatic carbocycles. The number of ether oxygens (including phenoxy) is 1. The molecular weight excluding hydrogens is 271 g/mol. The predicted molar refractivity (Wildman–Crippen MR) is 68.3 cm³/mol. The van der Waals surface area contributed by atoms with Crippen molar-refractivity contribution in [2.24, 2.45) is 0 Å². The Morgan fingerprint density at radius 2 is 2.25 bits per heavy atom. The van der Waals surface area contributed by atoms with Gasteiger partial charge in [-0.1, -0.05) is 0 Å². The molecule has 114 valence electrons. The van der Waals surface area contributed by atoms with E-state index in [4.69, 9.17) is 0 Å². The van der Waals surface area contributed by atoms with Crippen LogP contribution >= 0.6 is 0 Å². The number of hydrogen-bond donors (Lipinski definition) is 1. The van der Waals surface area contributed by atoms with Gasteiger partial charge in [-0.3, -0.25) is 0 Å². The lowest BCUT2D eigenvalue weighted by atomic mass is 9.97. The second-order valence-corrected chi connectivity index (χ2v) is 5.23. The fourth-order valence-corrected chi connectivity index (χ4v) is 2.53. The molecule has 1 aliphatic heterocycles. The molecule has 0 spiro atoms. The normalized spacial score (nSPS) is 24.0. The van der Waals surface area contributed by atoms with E-state index < -0.39 is 12.8 Å². The van der Waals surface area contributed by atoms with Gasteiger partial charge in [0.15, 0.2) is 0 Å². The Labute approximate surface area is 116 Å². The maximum absolute atomic E-state index is 12.0. The fraction of sp³-hybridized carbons (Fsp3) is 0.769. The lowest BCUT2D eigenvalue weighted by Crippen LogP contribution is -2.35. The molecule has 1 N–H and O–H groups in total. The molecule has 1 saturated heterocycles. The highest BCUT2D eigenvalue weighted by atomic mass is 19.4. The zero-order chi connectivity index (χ0) is 14.6. The number of hydrogen-bond acceptors (Lipinski definition) is 3. The molecule has 1 fully saturated rings. The Balaban J connectivity index is 1.85. The molecule has 1 aromatic heterocycles. The Morgan fingerprint density at radius 3 is 2.95 bits per heavy atom. The number of alkyl halides is 3. The first-order chi connectivity index (χ1) is 9.46. The monoisotopic (exact) mass is 291 g/mol. The summed E-state index contributed by atoms with van der Waals surface area (Å²) in [4.78, 5) is 4.10. The molecule has 20 heavy (non-hydrogen) atoms. The topological polar surface area (TPSA) is 39.1 Å². The number of aromatic nitrogens is 2. The highest BCUT2D eigenvalue weighted by Crippen LogP contribution is 2.25. The van der Waals surface area contributed by atoms with Crippen LogP contribution < -0.4 is 5.32 Å². The summed E-state index contributed by atoms with van der Waals surface area (Å²) in [7, 11) is 0. The molecule has 2 heterocycles. The number of piperidine rings is 1. The summed E-state index contributed by atoms with van der Waals surface area (Å²) in [5, 5.41) is 3.49. The molecule has 7 heteroatoms. The highest BCUT2D eigenvalue weighted by Gasteiger charge is 2.27. The van der Waals surface area contributed by atoms with Crippen molar-refractivity contribution >= 4 is 0 Å². The van der Waals surface area contributed by atoms with Crippen molar-refractivity contribution in [3.05, 3.63) is 18.2 Å². The lowest BCUT2D eigenvalue weighted by molar-refractivity contribution is -0.174. The number of halogens is 3. The Bertz CT molecular complexity index is 419. The van der Waals surface area contributed by atoms with Crippen LogP contribution in [-0.4, -0.2) is 35.0 Å². The summed E-state index contributed by atoms with van der Waals surface area (Å²) in [6, 6.07) is 0.683. The maximum Gasteiger partial charge on any atom is 0.411 e. The number of nitrogens with one attached hydrogen (secondary N) is 1. The van der Waals surface area contributed by atoms with Crippen LogP contribution in [0.4, 0.5) is 13.2 Å². The van der Waals surface area contributed by atoms with Gasteiger partial charge in [0, 0.05) is 24.8 Å². The third kappa shape index (κ3) is 4.49. The first kappa shape index (κ1) is 15.3. The van der Waals surface area contributed by atoms with E-state index >= 15 is 0 Å². The first-order valence-corrected chi connectivity index (χ1v) is 6.86. The van der Waals surface area contributed by atoms with Gasteiger partial charge < -0.3 is 14.6 Å². The molecular formula is C13H20F3N3O. The molecule has 2 rings (SSSR count). The summed E-state index contributed by atoms with van der Waals surface area (Å²) < 4.78 is 42.4. The zero-order valence-electron chi connectivity index (χ0n) is 11.5. The number of nitrogens with zero attached hydrogens (tertiary/aromatic N) is 2. The van der Waals surface area contributed by atoms with Gasteiger partial charge in [0.05, 0.1) is 18.6 Å². The van der Waals surface area contributed by atoms with Gasteiger partial charge in [-0.2, -0.15) is 13.2 Å². The van der Waals surface area contributed by atoms with Crippen molar-refractivity contribution in [3.63, 3.8) is 0 Å². The quantitative estimate of drug-likeness (QED) is 0.848. The number of imidazole rings is 1. The van der Waals surface area contributed by atoms with Gasteiger partial charge in [0.1, 0.15) is 6.61 Å². The maximum atomic E-state index is 12.0. The van der Waals surface area contributed by atoms with Gasteiger partial charge in [-0.25, -0.2) is 4.98 Å². The van der Waals surface area contributed by atoms with E-state index in [0.717, 1.165) is 25.0 Å². The smallest absolute Gasteiger partial charge is 0.370 e. The standard InChI is InChI=1S/C13H20F3N3O/c1-10-3-2-4-11(18-10)12-7-17-9-19(12)5-6-20-8-13(14,15)16/h7,9-11,18H,2-6,8H2,1H3. The van der Waals surface area contributed by atoms with Gasteiger partial charge >= 0.3 is 6.18 Å². The predicted octanol–water partition coefficient (Wildman–Crippen LogP) is 2.67. The zero-order valence-corrected chi connectivity index (χ0v) is 11.5. The van der Waals surface area contributed by atoms with E-state index in [0.29, 0.717) is 12.6 Å². The van der Waals surface area contributed by atoms with Gasteiger partial charge in [0.25, 0.3) is 0 Å². The second-order valence-electron chi connectivity index (χ2n) is 5.23. The SMILES string of the molecule is CC1CCCC(c2cncn2CCOCC(F)(F)F)N1. The van der Waals surface area contributed by atoms with Crippen LogP contribution in [0.25, 0.3) is 0 Å². The summed E-state index contributed by atoms with van der Waals surface area (Å²) in [5.74, 6) is 0. The van der Waals surface area contributed by atoms with E-state index in [2.05, 4.69) is 22.0 Å². The number of rotatable bonds is 5. The molecule has 0 radical (unpaired) electrons. The van der Waals surface area contributed by atoms with Gasteiger partial charge in [-0.15, -0.1) is 0 Å². The minimum Gasteiger partial charge on any atom is -0.370 e. The largest absolute Gasteiger partial charge is 0.411 e. The minimum absolute atomic E-state index is 0.0329. The third-order valence-corrected chi connectivity index (χ3v) is 3.46. The van der Waals surface area contributed by atoms with Crippen LogP contribution in [0.2, 0.25) is 0 Å². The van der Waals surface area contributed by atoms with Crippen LogP contribution in [0.1, 0.15) is 37.9 Å². The van der Waals surface area contributed by atoms with Crippen LogP contribution in [0.15, 0.2) is 12.5 Å². The van der Waals surface area contributed by atoms with Crippen LogP contribution in [0, 0.1) is 0 Å². The van der Waals surface area contributed by atoms with Crippen LogP contribution in [-0.2, 0) is 11.3 Å².